The Morgan fingerprint density at radius 2 is 2.21 bits per heavy atom. The number of carboxylic acids is 1. The van der Waals surface area contributed by atoms with Crippen LogP contribution in [0, 0.1) is 6.92 Å². The van der Waals surface area contributed by atoms with E-state index in [0.717, 1.165) is 0 Å². The number of nitrogens with zero attached hydrogens (tertiary/aromatic N) is 2. The molecule has 0 aliphatic carbocycles. The summed E-state index contributed by atoms with van der Waals surface area (Å²) >= 11 is 0. The molecule has 7 heteroatoms. The summed E-state index contributed by atoms with van der Waals surface area (Å²) in [5, 5.41) is 23.2. The largest absolute Gasteiger partial charge is 0.481 e. The van der Waals surface area contributed by atoms with Gasteiger partial charge in [-0.3, -0.25) is 0 Å². The van der Waals surface area contributed by atoms with Crippen molar-refractivity contribution in [2.24, 2.45) is 7.05 Å². The van der Waals surface area contributed by atoms with E-state index in [0.29, 0.717) is 17.1 Å². The van der Waals surface area contributed by atoms with Crippen LogP contribution in [0.2, 0.25) is 0 Å². The van der Waals surface area contributed by atoms with Crippen LogP contribution in [0.15, 0.2) is 16.5 Å². The molecule has 0 radical (unpaired) electrons. The van der Waals surface area contributed by atoms with Crippen LogP contribution < -0.4 is 4.74 Å². The summed E-state index contributed by atoms with van der Waals surface area (Å²) in [5.41, 5.74) is 1.04. The highest BCUT2D eigenvalue weighted by Crippen LogP contribution is 2.33. The highest BCUT2D eigenvalue weighted by molar-refractivity contribution is 5.84. The molecule has 7 nitrogen and oxygen atoms in total. The van der Waals surface area contributed by atoms with Crippen LogP contribution in [0.4, 0.5) is 0 Å². The van der Waals surface area contributed by atoms with Crippen molar-refractivity contribution in [1.29, 1.82) is 0 Å². The molecule has 0 fully saturated rings. The van der Waals surface area contributed by atoms with Crippen molar-refractivity contribution in [1.82, 2.24) is 9.78 Å². The van der Waals surface area contributed by atoms with Gasteiger partial charge in [0.25, 0.3) is 0 Å². The lowest BCUT2D eigenvalue weighted by molar-refractivity contribution is 0.0655. The van der Waals surface area contributed by atoms with E-state index in [4.69, 9.17) is 14.3 Å². The first-order chi connectivity index (χ1) is 8.95. The summed E-state index contributed by atoms with van der Waals surface area (Å²) in [6, 6.07) is 2.71. The average Bonchev–Trinajstić information content (AvgIpc) is 2.92. The molecular weight excluding hydrogens is 252 g/mol. The van der Waals surface area contributed by atoms with Crippen LogP contribution >= 0.6 is 0 Å². The zero-order valence-corrected chi connectivity index (χ0v) is 10.7. The third-order valence-electron chi connectivity index (χ3n) is 2.79. The summed E-state index contributed by atoms with van der Waals surface area (Å²) in [6.07, 6.45) is -1.13. The fraction of sp³-hybridized carbons (Fsp3) is 0.333. The molecule has 0 aliphatic rings. The van der Waals surface area contributed by atoms with E-state index in [-0.39, 0.29) is 11.5 Å². The third kappa shape index (κ3) is 2.19. The topological polar surface area (TPSA) is 97.7 Å². The average molecular weight is 266 g/mol. The van der Waals surface area contributed by atoms with E-state index in [1.165, 1.54) is 23.9 Å². The van der Waals surface area contributed by atoms with Gasteiger partial charge in [-0.05, 0) is 19.1 Å². The maximum absolute atomic E-state index is 10.8. The maximum Gasteiger partial charge on any atom is 0.371 e. The number of aromatic nitrogens is 2. The van der Waals surface area contributed by atoms with Crippen LogP contribution in [-0.4, -0.2) is 33.1 Å². The van der Waals surface area contributed by atoms with Crippen LogP contribution in [0.3, 0.4) is 0 Å². The van der Waals surface area contributed by atoms with Gasteiger partial charge in [0.15, 0.2) is 0 Å². The smallest absolute Gasteiger partial charge is 0.371 e. The first kappa shape index (κ1) is 13.2. The lowest BCUT2D eigenvalue weighted by Crippen LogP contribution is -2.03. The Morgan fingerprint density at radius 1 is 1.53 bits per heavy atom. The number of aliphatic hydroxyl groups excluding tert-OH is 1. The Kier molecular flexibility index (Phi) is 3.30. The van der Waals surface area contributed by atoms with E-state index in [1.807, 2.05) is 0 Å². The number of rotatable bonds is 4. The molecular formula is C12H14N2O5. The van der Waals surface area contributed by atoms with Crippen LogP contribution in [0.25, 0.3) is 0 Å². The number of furan rings is 1. The molecule has 1 atom stereocenters. The number of ether oxygens (including phenoxy) is 1. The Hall–Kier alpha value is -2.28. The molecule has 2 N–H and O–H groups in total. The van der Waals surface area contributed by atoms with E-state index in [1.54, 1.807) is 14.0 Å². The molecule has 0 aromatic carbocycles. The molecule has 2 rings (SSSR count). The summed E-state index contributed by atoms with van der Waals surface area (Å²) in [6.45, 7) is 1.72. The van der Waals surface area contributed by atoms with Gasteiger partial charge in [0.2, 0.25) is 11.6 Å². The first-order valence-corrected chi connectivity index (χ1v) is 5.54. The number of carboxylic acid groups (broad SMARTS) is 1. The van der Waals surface area contributed by atoms with Gasteiger partial charge in [-0.1, -0.05) is 0 Å². The summed E-state index contributed by atoms with van der Waals surface area (Å²) in [5.74, 6) is -0.882. The van der Waals surface area contributed by atoms with Gasteiger partial charge in [-0.25, -0.2) is 9.48 Å². The predicted octanol–water partition coefficient (Wildman–Crippen LogP) is 1.11. The predicted molar refractivity (Wildman–Crippen MR) is 64.2 cm³/mol. The Bertz CT molecular complexity index is 614. The Balaban J connectivity index is 2.43. The number of methoxy groups -OCH3 is 1. The van der Waals surface area contributed by atoms with E-state index >= 15 is 0 Å². The molecule has 0 bridgehead atoms. The second-order valence-electron chi connectivity index (χ2n) is 4.04. The van der Waals surface area contributed by atoms with Gasteiger partial charge in [0.1, 0.15) is 11.9 Å². The van der Waals surface area contributed by atoms with Gasteiger partial charge in [-0.15, -0.1) is 0 Å². The van der Waals surface area contributed by atoms with Gasteiger partial charge in [0.05, 0.1) is 18.4 Å². The van der Waals surface area contributed by atoms with Gasteiger partial charge >= 0.3 is 5.97 Å². The fourth-order valence-electron chi connectivity index (χ4n) is 1.97. The highest BCUT2D eigenvalue weighted by Gasteiger charge is 2.26. The van der Waals surface area contributed by atoms with E-state index in [2.05, 4.69) is 5.10 Å². The number of aryl methyl sites for hydroxylation is 2. The van der Waals surface area contributed by atoms with Gasteiger partial charge < -0.3 is 19.4 Å². The van der Waals surface area contributed by atoms with Gasteiger partial charge in [-0.2, -0.15) is 5.10 Å². The quantitative estimate of drug-likeness (QED) is 0.860. The normalized spacial score (nSPS) is 12.4. The summed E-state index contributed by atoms with van der Waals surface area (Å²) < 4.78 is 11.8. The standard InChI is InChI=1S/C12H14N2O5/c1-6-9(11(18-3)14(2)13-6)10(15)7-4-5-8(19-7)12(16)17/h4-5,10,15H,1-3H3,(H,16,17). The number of carbonyl (C=O) groups is 1. The van der Waals surface area contributed by atoms with E-state index in [9.17, 15) is 9.90 Å². The van der Waals surface area contributed by atoms with Crippen molar-refractivity contribution in [2.75, 3.05) is 7.11 Å². The molecule has 19 heavy (non-hydrogen) atoms. The first-order valence-electron chi connectivity index (χ1n) is 5.54. The van der Waals surface area contributed by atoms with Crippen molar-refractivity contribution in [3.63, 3.8) is 0 Å². The lowest BCUT2D eigenvalue weighted by atomic mass is 10.1. The molecule has 0 spiro atoms. The second-order valence-corrected chi connectivity index (χ2v) is 4.04. The molecule has 2 aromatic heterocycles. The minimum Gasteiger partial charge on any atom is -0.481 e. The van der Waals surface area contributed by atoms with Crippen LogP contribution in [-0.2, 0) is 7.05 Å². The zero-order chi connectivity index (χ0) is 14.2. The number of hydrogen-bond donors (Lipinski definition) is 2. The molecule has 2 heterocycles. The lowest BCUT2D eigenvalue weighted by Gasteiger charge is -2.09. The molecule has 0 aliphatic heterocycles. The molecule has 1 unspecified atom stereocenters. The summed E-state index contributed by atoms with van der Waals surface area (Å²) in [7, 11) is 3.16. The molecule has 0 amide bonds. The molecule has 102 valence electrons. The SMILES string of the molecule is COc1c(C(O)c2ccc(C(=O)O)o2)c(C)nn1C. The monoisotopic (exact) mass is 266 g/mol. The van der Waals surface area contributed by atoms with Crippen molar-refractivity contribution in [2.45, 2.75) is 13.0 Å². The Labute approximate surface area is 109 Å². The van der Waals surface area contributed by atoms with Crippen molar-refractivity contribution < 1.29 is 24.2 Å². The fourth-order valence-corrected chi connectivity index (χ4v) is 1.97. The van der Waals surface area contributed by atoms with Crippen LogP contribution in [0.1, 0.15) is 33.7 Å². The highest BCUT2D eigenvalue weighted by atomic mass is 16.5. The maximum atomic E-state index is 10.8. The minimum absolute atomic E-state index is 0.131. The zero-order valence-electron chi connectivity index (χ0n) is 10.7. The van der Waals surface area contributed by atoms with Gasteiger partial charge in [0, 0.05) is 7.05 Å². The molecule has 0 saturated carbocycles. The molecule has 0 saturated heterocycles. The Morgan fingerprint density at radius 3 is 2.74 bits per heavy atom. The van der Waals surface area contributed by atoms with Crippen LogP contribution in [0.5, 0.6) is 5.88 Å². The summed E-state index contributed by atoms with van der Waals surface area (Å²) in [4.78, 5) is 10.8. The number of hydrogen-bond acceptors (Lipinski definition) is 5. The minimum atomic E-state index is -1.19. The number of aromatic carboxylic acids is 1. The van der Waals surface area contributed by atoms with E-state index < -0.39 is 12.1 Å². The second kappa shape index (κ2) is 4.77. The molecule has 2 aromatic rings. The van der Waals surface area contributed by atoms with Crippen molar-refractivity contribution in [3.05, 3.63) is 34.9 Å². The number of aliphatic hydroxyl groups is 1. The third-order valence-corrected chi connectivity index (χ3v) is 2.79. The van der Waals surface area contributed by atoms with Crippen molar-refractivity contribution in [3.8, 4) is 5.88 Å². The van der Waals surface area contributed by atoms with Crippen molar-refractivity contribution >= 4 is 5.97 Å².